The van der Waals surface area contributed by atoms with Gasteiger partial charge in [0.1, 0.15) is 11.3 Å². The molecule has 2 aromatic carbocycles. The second kappa shape index (κ2) is 5.61. The zero-order valence-corrected chi connectivity index (χ0v) is 11.1. The lowest BCUT2D eigenvalue weighted by Crippen LogP contribution is -2.02. The first-order chi connectivity index (χ1) is 9.84. The van der Waals surface area contributed by atoms with Gasteiger partial charge in [-0.05, 0) is 29.8 Å². The predicted molar refractivity (Wildman–Crippen MR) is 81.8 cm³/mol. The Hall–Kier alpha value is -2.55. The third kappa shape index (κ3) is 2.57. The van der Waals surface area contributed by atoms with Gasteiger partial charge >= 0.3 is 0 Å². The number of benzene rings is 2. The van der Waals surface area contributed by atoms with Gasteiger partial charge in [-0.15, -0.1) is 0 Å². The topological polar surface area (TPSA) is 48.1 Å². The molecule has 1 heterocycles. The summed E-state index contributed by atoms with van der Waals surface area (Å²) in [5, 5.41) is 0.935. The van der Waals surface area contributed by atoms with E-state index in [1.807, 2.05) is 42.5 Å². The smallest absolute Gasteiger partial charge is 0.145 e. The fourth-order valence-corrected chi connectivity index (χ4v) is 2.21. The molecule has 0 saturated carbocycles. The van der Waals surface area contributed by atoms with Crippen molar-refractivity contribution in [3.05, 3.63) is 66.4 Å². The molecule has 1 aromatic heterocycles. The summed E-state index contributed by atoms with van der Waals surface area (Å²) in [5.74, 6) is 0.783. The first-order valence-electron chi connectivity index (χ1n) is 6.64. The molecule has 0 atom stereocenters. The predicted octanol–water partition coefficient (Wildman–Crippen LogP) is 3.44. The highest BCUT2D eigenvalue weighted by Gasteiger charge is 2.05. The lowest BCUT2D eigenvalue weighted by Gasteiger charge is -2.10. The summed E-state index contributed by atoms with van der Waals surface area (Å²) < 4.78 is 5.86. The van der Waals surface area contributed by atoms with E-state index in [4.69, 9.17) is 10.5 Å². The number of nitrogens with zero attached hydrogens (tertiary/aromatic N) is 1. The molecule has 0 bridgehead atoms. The molecule has 3 rings (SSSR count). The summed E-state index contributed by atoms with van der Waals surface area (Å²) in [6.07, 6.45) is 2.63. The van der Waals surface area contributed by atoms with Crippen LogP contribution in [0.3, 0.4) is 0 Å². The van der Waals surface area contributed by atoms with Gasteiger partial charge in [0.15, 0.2) is 0 Å². The molecule has 3 nitrogen and oxygen atoms in total. The van der Waals surface area contributed by atoms with E-state index in [1.165, 1.54) is 5.56 Å². The van der Waals surface area contributed by atoms with Gasteiger partial charge in [-0.25, -0.2) is 0 Å². The van der Waals surface area contributed by atoms with Crippen LogP contribution in [0.2, 0.25) is 0 Å². The van der Waals surface area contributed by atoms with Crippen molar-refractivity contribution >= 4 is 16.6 Å². The average molecular weight is 264 g/mol. The quantitative estimate of drug-likeness (QED) is 0.734. The van der Waals surface area contributed by atoms with E-state index in [9.17, 15) is 0 Å². The monoisotopic (exact) mass is 264 g/mol. The van der Waals surface area contributed by atoms with Crippen LogP contribution in [0.15, 0.2) is 60.8 Å². The Kier molecular flexibility index (Phi) is 3.50. The zero-order chi connectivity index (χ0) is 13.8. The maximum Gasteiger partial charge on any atom is 0.145 e. The number of ether oxygens (including phenoxy) is 1. The SMILES string of the molecule is Nc1ccc(OCCc2ccccc2)c2ncccc12. The number of hydrogen-bond donors (Lipinski definition) is 1. The van der Waals surface area contributed by atoms with Gasteiger partial charge in [0.05, 0.1) is 6.61 Å². The third-order valence-electron chi connectivity index (χ3n) is 3.26. The number of anilines is 1. The number of fused-ring (bicyclic) bond motifs is 1. The molecule has 0 aliphatic rings. The van der Waals surface area contributed by atoms with E-state index in [-0.39, 0.29) is 0 Å². The van der Waals surface area contributed by atoms with Crippen LogP contribution in [0, 0.1) is 0 Å². The van der Waals surface area contributed by atoms with Crippen molar-refractivity contribution in [2.75, 3.05) is 12.3 Å². The molecule has 0 spiro atoms. The second-order valence-corrected chi connectivity index (χ2v) is 4.64. The first-order valence-corrected chi connectivity index (χ1v) is 6.64. The normalized spacial score (nSPS) is 10.6. The van der Waals surface area contributed by atoms with Crippen molar-refractivity contribution in [2.45, 2.75) is 6.42 Å². The molecule has 0 radical (unpaired) electrons. The molecule has 0 aliphatic heterocycles. The summed E-state index contributed by atoms with van der Waals surface area (Å²) in [5.41, 5.74) is 8.76. The van der Waals surface area contributed by atoms with E-state index in [1.54, 1.807) is 6.20 Å². The molecular formula is C17H16N2O. The zero-order valence-electron chi connectivity index (χ0n) is 11.1. The van der Waals surface area contributed by atoms with Crippen molar-refractivity contribution in [2.24, 2.45) is 0 Å². The molecule has 0 unspecified atom stereocenters. The summed E-state index contributed by atoms with van der Waals surface area (Å²) >= 11 is 0. The van der Waals surface area contributed by atoms with Crippen LogP contribution in [0.4, 0.5) is 5.69 Å². The number of aromatic nitrogens is 1. The van der Waals surface area contributed by atoms with Gasteiger partial charge < -0.3 is 10.5 Å². The molecular weight excluding hydrogens is 248 g/mol. The Labute approximate surface area is 118 Å². The largest absolute Gasteiger partial charge is 0.491 e. The molecule has 3 heteroatoms. The summed E-state index contributed by atoms with van der Waals surface area (Å²) in [6.45, 7) is 0.625. The van der Waals surface area contributed by atoms with Crippen LogP contribution in [0.25, 0.3) is 10.9 Å². The number of pyridine rings is 1. The molecule has 2 N–H and O–H groups in total. The van der Waals surface area contributed by atoms with E-state index in [0.717, 1.165) is 28.8 Å². The molecule has 0 amide bonds. The maximum atomic E-state index is 5.95. The van der Waals surface area contributed by atoms with Crippen LogP contribution in [-0.2, 0) is 6.42 Å². The van der Waals surface area contributed by atoms with Gasteiger partial charge in [-0.2, -0.15) is 0 Å². The minimum Gasteiger partial charge on any atom is -0.491 e. The van der Waals surface area contributed by atoms with E-state index >= 15 is 0 Å². The number of nitrogen functional groups attached to an aromatic ring is 1. The number of hydrogen-bond acceptors (Lipinski definition) is 3. The Morgan fingerprint density at radius 1 is 0.950 bits per heavy atom. The van der Waals surface area contributed by atoms with Crippen molar-refractivity contribution < 1.29 is 4.74 Å². The average Bonchev–Trinajstić information content (AvgIpc) is 2.51. The van der Waals surface area contributed by atoms with E-state index in [2.05, 4.69) is 17.1 Å². The molecule has 100 valence electrons. The van der Waals surface area contributed by atoms with Crippen molar-refractivity contribution in [3.8, 4) is 5.75 Å². The van der Waals surface area contributed by atoms with E-state index < -0.39 is 0 Å². The number of nitrogens with two attached hydrogens (primary N) is 1. The summed E-state index contributed by atoms with van der Waals surface area (Å²) in [7, 11) is 0. The van der Waals surface area contributed by atoms with Crippen molar-refractivity contribution in [1.29, 1.82) is 0 Å². The van der Waals surface area contributed by atoms with Crippen LogP contribution < -0.4 is 10.5 Å². The molecule has 0 aliphatic carbocycles. The summed E-state index contributed by atoms with van der Waals surface area (Å²) in [4.78, 5) is 4.36. The maximum absolute atomic E-state index is 5.95. The lowest BCUT2D eigenvalue weighted by atomic mass is 10.1. The van der Waals surface area contributed by atoms with E-state index in [0.29, 0.717) is 6.61 Å². The summed E-state index contributed by atoms with van der Waals surface area (Å²) in [6, 6.07) is 17.9. The van der Waals surface area contributed by atoms with Crippen LogP contribution >= 0.6 is 0 Å². The first kappa shape index (κ1) is 12.5. The van der Waals surface area contributed by atoms with Gasteiger partial charge in [0.25, 0.3) is 0 Å². The Balaban J connectivity index is 1.77. The van der Waals surface area contributed by atoms with Crippen LogP contribution in [-0.4, -0.2) is 11.6 Å². The molecule has 0 saturated heterocycles. The highest BCUT2D eigenvalue weighted by atomic mass is 16.5. The van der Waals surface area contributed by atoms with Crippen LogP contribution in [0.1, 0.15) is 5.56 Å². The minimum atomic E-state index is 0.625. The van der Waals surface area contributed by atoms with Crippen molar-refractivity contribution in [3.63, 3.8) is 0 Å². The van der Waals surface area contributed by atoms with Crippen LogP contribution in [0.5, 0.6) is 5.75 Å². The number of rotatable bonds is 4. The third-order valence-corrected chi connectivity index (χ3v) is 3.26. The standard InChI is InChI=1S/C17H16N2O/c18-15-8-9-16(17-14(15)7-4-11-19-17)20-12-10-13-5-2-1-3-6-13/h1-9,11H,10,12,18H2. The van der Waals surface area contributed by atoms with Gasteiger partial charge in [-0.3, -0.25) is 4.98 Å². The van der Waals surface area contributed by atoms with Gasteiger partial charge in [-0.1, -0.05) is 30.3 Å². The molecule has 20 heavy (non-hydrogen) atoms. The Bertz CT molecular complexity index is 711. The molecule has 3 aromatic rings. The van der Waals surface area contributed by atoms with Crippen molar-refractivity contribution in [1.82, 2.24) is 4.98 Å². The highest BCUT2D eigenvalue weighted by Crippen LogP contribution is 2.28. The lowest BCUT2D eigenvalue weighted by molar-refractivity contribution is 0.325. The Morgan fingerprint density at radius 2 is 1.80 bits per heavy atom. The fraction of sp³-hybridized carbons (Fsp3) is 0.118. The second-order valence-electron chi connectivity index (χ2n) is 4.64. The molecule has 0 fully saturated rings. The van der Waals surface area contributed by atoms with Gasteiger partial charge in [0.2, 0.25) is 0 Å². The Morgan fingerprint density at radius 3 is 2.65 bits per heavy atom. The minimum absolute atomic E-state index is 0.625. The highest BCUT2D eigenvalue weighted by molar-refractivity contribution is 5.94. The van der Waals surface area contributed by atoms with Gasteiger partial charge in [0, 0.05) is 23.7 Å². The fourth-order valence-electron chi connectivity index (χ4n) is 2.21.